The highest BCUT2D eigenvalue weighted by Gasteiger charge is 2.33. The standard InChI is InChI=1S/C21H15ClF3N3O3/c22-18-9-4-12(10-17(18)21(23,24)25)19(29)28-13-2-1-3-16(11-13)30-14-5-7-15(8-6-14)31-20(26)27/h1-11H,(H3,26,27)(H,28,29). The molecule has 0 bridgehead atoms. The van der Waals surface area contributed by atoms with Crippen LogP contribution in [0.5, 0.6) is 17.2 Å². The lowest BCUT2D eigenvalue weighted by Crippen LogP contribution is -2.17. The van der Waals surface area contributed by atoms with Crippen LogP contribution in [0.4, 0.5) is 18.9 Å². The van der Waals surface area contributed by atoms with E-state index in [0.717, 1.165) is 6.07 Å². The Bertz CT molecular complexity index is 1120. The van der Waals surface area contributed by atoms with Gasteiger partial charge in [-0.2, -0.15) is 13.2 Å². The van der Waals surface area contributed by atoms with Crippen LogP contribution in [0.25, 0.3) is 0 Å². The molecule has 0 spiro atoms. The number of nitrogens with one attached hydrogen (secondary N) is 2. The van der Waals surface area contributed by atoms with Crippen LogP contribution in [0.2, 0.25) is 5.02 Å². The maximum atomic E-state index is 13.0. The number of alkyl halides is 3. The van der Waals surface area contributed by atoms with Crippen molar-refractivity contribution in [1.29, 1.82) is 5.41 Å². The van der Waals surface area contributed by atoms with Gasteiger partial charge in [-0.25, -0.2) is 0 Å². The van der Waals surface area contributed by atoms with Crippen LogP contribution in [0, 0.1) is 5.41 Å². The molecular weight excluding hydrogens is 435 g/mol. The van der Waals surface area contributed by atoms with E-state index >= 15 is 0 Å². The molecule has 10 heteroatoms. The van der Waals surface area contributed by atoms with E-state index in [-0.39, 0.29) is 5.56 Å². The van der Waals surface area contributed by atoms with Crippen molar-refractivity contribution >= 4 is 29.2 Å². The molecule has 0 aliphatic carbocycles. The van der Waals surface area contributed by atoms with E-state index in [1.165, 1.54) is 12.1 Å². The molecular formula is C21H15ClF3N3O3. The van der Waals surface area contributed by atoms with Gasteiger partial charge in [-0.3, -0.25) is 10.2 Å². The van der Waals surface area contributed by atoms with Crippen molar-refractivity contribution in [3.63, 3.8) is 0 Å². The van der Waals surface area contributed by atoms with Gasteiger partial charge >= 0.3 is 6.18 Å². The fourth-order valence-electron chi connectivity index (χ4n) is 2.56. The Balaban J connectivity index is 1.72. The number of hydrogen-bond donors (Lipinski definition) is 3. The van der Waals surface area contributed by atoms with Crippen molar-refractivity contribution < 1.29 is 27.4 Å². The van der Waals surface area contributed by atoms with E-state index in [1.54, 1.807) is 42.5 Å². The van der Waals surface area contributed by atoms with Crippen molar-refractivity contribution in [1.82, 2.24) is 0 Å². The molecule has 31 heavy (non-hydrogen) atoms. The summed E-state index contributed by atoms with van der Waals surface area (Å²) in [4.78, 5) is 12.4. The average Bonchev–Trinajstić information content (AvgIpc) is 2.69. The molecule has 0 saturated carbocycles. The zero-order valence-electron chi connectivity index (χ0n) is 15.7. The van der Waals surface area contributed by atoms with Crippen molar-refractivity contribution in [3.05, 3.63) is 82.9 Å². The Morgan fingerprint density at radius 3 is 2.29 bits per heavy atom. The Morgan fingerprint density at radius 2 is 1.65 bits per heavy atom. The quantitative estimate of drug-likeness (QED) is 0.345. The van der Waals surface area contributed by atoms with Crippen LogP contribution in [-0.2, 0) is 6.18 Å². The number of benzene rings is 3. The number of nitrogens with two attached hydrogens (primary N) is 1. The predicted octanol–water partition coefficient (Wildman–Crippen LogP) is 5.68. The van der Waals surface area contributed by atoms with Crippen LogP contribution < -0.4 is 20.5 Å². The zero-order chi connectivity index (χ0) is 22.6. The lowest BCUT2D eigenvalue weighted by molar-refractivity contribution is -0.137. The van der Waals surface area contributed by atoms with E-state index < -0.39 is 28.7 Å². The summed E-state index contributed by atoms with van der Waals surface area (Å²) in [5.41, 5.74) is 4.20. The molecule has 0 atom stereocenters. The molecule has 0 unspecified atom stereocenters. The van der Waals surface area contributed by atoms with Gasteiger partial charge < -0.3 is 20.5 Å². The van der Waals surface area contributed by atoms with Gasteiger partial charge in [-0.05, 0) is 54.6 Å². The molecule has 0 saturated heterocycles. The van der Waals surface area contributed by atoms with Crippen LogP contribution in [0.1, 0.15) is 15.9 Å². The first-order valence-corrected chi connectivity index (χ1v) is 9.07. The SMILES string of the molecule is N=C(N)Oc1ccc(Oc2cccc(NC(=O)c3ccc(Cl)c(C(F)(F)F)c3)c2)cc1. The highest BCUT2D eigenvalue weighted by atomic mass is 35.5. The molecule has 0 heterocycles. The molecule has 3 aromatic carbocycles. The second kappa shape index (κ2) is 8.97. The van der Waals surface area contributed by atoms with E-state index in [9.17, 15) is 18.0 Å². The normalized spacial score (nSPS) is 11.0. The maximum Gasteiger partial charge on any atom is 0.417 e. The van der Waals surface area contributed by atoms with Gasteiger partial charge in [0.2, 0.25) is 0 Å². The summed E-state index contributed by atoms with van der Waals surface area (Å²) in [5.74, 6) is 0.462. The number of anilines is 1. The van der Waals surface area contributed by atoms with Crippen LogP contribution >= 0.6 is 11.6 Å². The van der Waals surface area contributed by atoms with Gasteiger partial charge in [0, 0.05) is 17.3 Å². The molecule has 1 amide bonds. The monoisotopic (exact) mass is 449 g/mol. The van der Waals surface area contributed by atoms with E-state index in [1.807, 2.05) is 0 Å². The maximum absolute atomic E-state index is 13.0. The molecule has 0 radical (unpaired) electrons. The highest BCUT2D eigenvalue weighted by Crippen LogP contribution is 2.35. The van der Waals surface area contributed by atoms with Crippen molar-refractivity contribution in [2.45, 2.75) is 6.18 Å². The fraction of sp³-hybridized carbons (Fsp3) is 0.0476. The first-order valence-electron chi connectivity index (χ1n) is 8.70. The van der Waals surface area contributed by atoms with Gasteiger partial charge in [0.1, 0.15) is 17.2 Å². The van der Waals surface area contributed by atoms with Crippen LogP contribution in [-0.4, -0.2) is 11.9 Å². The molecule has 0 aromatic heterocycles. The summed E-state index contributed by atoms with van der Waals surface area (Å²) in [5, 5.41) is 9.13. The fourth-order valence-corrected chi connectivity index (χ4v) is 2.79. The molecule has 3 aromatic rings. The van der Waals surface area contributed by atoms with Crippen LogP contribution in [0.15, 0.2) is 66.7 Å². The predicted molar refractivity (Wildman–Crippen MR) is 110 cm³/mol. The van der Waals surface area contributed by atoms with Gasteiger partial charge in [0.25, 0.3) is 11.9 Å². The number of carbonyl (C=O) groups excluding carboxylic acids is 1. The summed E-state index contributed by atoms with van der Waals surface area (Å²) in [6, 6.07) is 15.1. The third-order valence-electron chi connectivity index (χ3n) is 3.91. The second-order valence-corrected chi connectivity index (χ2v) is 6.62. The van der Waals surface area contributed by atoms with Gasteiger partial charge in [0.05, 0.1) is 10.6 Å². The summed E-state index contributed by atoms with van der Waals surface area (Å²) >= 11 is 5.59. The highest BCUT2D eigenvalue weighted by molar-refractivity contribution is 6.31. The topological polar surface area (TPSA) is 97.4 Å². The van der Waals surface area contributed by atoms with Gasteiger partial charge in [-0.1, -0.05) is 17.7 Å². The van der Waals surface area contributed by atoms with Crippen LogP contribution in [0.3, 0.4) is 0 Å². The number of amides is 1. The van der Waals surface area contributed by atoms with E-state index in [0.29, 0.717) is 29.0 Å². The summed E-state index contributed by atoms with van der Waals surface area (Å²) in [7, 11) is 0. The summed E-state index contributed by atoms with van der Waals surface area (Å²) in [6.45, 7) is 0. The first kappa shape index (κ1) is 22.0. The van der Waals surface area contributed by atoms with Crippen molar-refractivity contribution in [2.75, 3.05) is 5.32 Å². The van der Waals surface area contributed by atoms with E-state index in [4.69, 9.17) is 32.2 Å². The molecule has 0 aliphatic heterocycles. The third-order valence-corrected chi connectivity index (χ3v) is 4.24. The molecule has 3 rings (SSSR count). The summed E-state index contributed by atoms with van der Waals surface area (Å²) < 4.78 is 49.7. The second-order valence-electron chi connectivity index (χ2n) is 6.21. The van der Waals surface area contributed by atoms with Crippen molar-refractivity contribution in [3.8, 4) is 17.2 Å². The Hall–Kier alpha value is -3.72. The Kier molecular flexibility index (Phi) is 6.36. The largest absolute Gasteiger partial charge is 0.457 e. The molecule has 0 fully saturated rings. The number of halogens is 4. The minimum Gasteiger partial charge on any atom is -0.457 e. The third kappa shape index (κ3) is 5.89. The molecule has 4 N–H and O–H groups in total. The number of carbonyl (C=O) groups is 1. The van der Waals surface area contributed by atoms with Gasteiger partial charge in [0.15, 0.2) is 0 Å². The lowest BCUT2D eigenvalue weighted by atomic mass is 10.1. The Morgan fingerprint density at radius 1 is 0.968 bits per heavy atom. The molecule has 160 valence electrons. The minimum atomic E-state index is -4.67. The molecule has 0 aliphatic rings. The lowest BCUT2D eigenvalue weighted by Gasteiger charge is -2.12. The van der Waals surface area contributed by atoms with Gasteiger partial charge in [-0.15, -0.1) is 0 Å². The number of ether oxygens (including phenoxy) is 2. The zero-order valence-corrected chi connectivity index (χ0v) is 16.4. The molecule has 6 nitrogen and oxygen atoms in total. The average molecular weight is 450 g/mol. The smallest absolute Gasteiger partial charge is 0.417 e. The Labute approximate surface area is 179 Å². The summed E-state index contributed by atoms with van der Waals surface area (Å²) in [6.07, 6.45) is -4.67. The minimum absolute atomic E-state index is 0.191. The van der Waals surface area contributed by atoms with E-state index in [2.05, 4.69) is 5.32 Å². The number of hydrogen-bond acceptors (Lipinski definition) is 4. The number of rotatable bonds is 5. The first-order chi connectivity index (χ1) is 14.6. The van der Waals surface area contributed by atoms with Crippen molar-refractivity contribution in [2.24, 2.45) is 5.73 Å². The number of amidine groups is 1.